The lowest BCUT2D eigenvalue weighted by Gasteiger charge is -2.27. The highest BCUT2D eigenvalue weighted by atomic mass is 16.5. The van der Waals surface area contributed by atoms with Crippen molar-refractivity contribution in [1.82, 2.24) is 5.32 Å². The second kappa shape index (κ2) is 7.20. The molecule has 15 heavy (non-hydrogen) atoms. The molecule has 1 fully saturated rings. The Hall–Kier alpha value is -0.120. The van der Waals surface area contributed by atoms with Crippen molar-refractivity contribution in [1.29, 1.82) is 0 Å². The average molecular weight is 215 g/mol. The first-order chi connectivity index (χ1) is 7.31. The Morgan fingerprint density at radius 3 is 2.67 bits per heavy atom. The summed E-state index contributed by atoms with van der Waals surface area (Å²) >= 11 is 0. The van der Waals surface area contributed by atoms with Gasteiger partial charge in [0.1, 0.15) is 0 Å². The topological polar surface area (TPSA) is 41.5 Å². The van der Waals surface area contributed by atoms with Crippen LogP contribution >= 0.6 is 0 Å². The van der Waals surface area contributed by atoms with E-state index >= 15 is 0 Å². The monoisotopic (exact) mass is 215 g/mol. The lowest BCUT2D eigenvalue weighted by molar-refractivity contribution is 0.170. The molecule has 0 spiro atoms. The Bertz CT molecular complexity index is 158. The van der Waals surface area contributed by atoms with Crippen LogP contribution in [0.3, 0.4) is 0 Å². The van der Waals surface area contributed by atoms with Gasteiger partial charge in [-0.1, -0.05) is 13.8 Å². The number of hydrogen-bond acceptors (Lipinski definition) is 3. The van der Waals surface area contributed by atoms with E-state index in [-0.39, 0.29) is 6.61 Å². The van der Waals surface area contributed by atoms with Crippen molar-refractivity contribution >= 4 is 0 Å². The van der Waals surface area contributed by atoms with Crippen molar-refractivity contribution in [3.8, 4) is 0 Å². The van der Waals surface area contributed by atoms with Crippen molar-refractivity contribution in [3.63, 3.8) is 0 Å². The predicted molar refractivity (Wildman–Crippen MR) is 61.9 cm³/mol. The van der Waals surface area contributed by atoms with Crippen LogP contribution in [-0.2, 0) is 4.74 Å². The Kier molecular flexibility index (Phi) is 6.22. The SMILES string of the molecule is CCC(CCO)NC(CC)C1CCOC1. The summed E-state index contributed by atoms with van der Waals surface area (Å²) in [5.74, 6) is 0.669. The van der Waals surface area contributed by atoms with Gasteiger partial charge < -0.3 is 15.2 Å². The Balaban J connectivity index is 2.36. The normalized spacial score (nSPS) is 25.4. The summed E-state index contributed by atoms with van der Waals surface area (Å²) in [6.45, 7) is 6.50. The van der Waals surface area contributed by atoms with E-state index in [4.69, 9.17) is 9.84 Å². The van der Waals surface area contributed by atoms with Gasteiger partial charge in [-0.3, -0.25) is 0 Å². The van der Waals surface area contributed by atoms with Gasteiger partial charge in [0, 0.05) is 25.3 Å². The highest BCUT2D eigenvalue weighted by Crippen LogP contribution is 2.19. The Morgan fingerprint density at radius 2 is 2.20 bits per heavy atom. The molecule has 0 bridgehead atoms. The van der Waals surface area contributed by atoms with E-state index < -0.39 is 0 Å². The lowest BCUT2D eigenvalue weighted by Crippen LogP contribution is -2.43. The molecule has 2 N–H and O–H groups in total. The first kappa shape index (κ1) is 12.9. The quantitative estimate of drug-likeness (QED) is 0.677. The van der Waals surface area contributed by atoms with Crippen LogP contribution in [0.1, 0.15) is 39.5 Å². The molecule has 0 amide bonds. The number of ether oxygens (including phenoxy) is 1. The van der Waals surface area contributed by atoms with Gasteiger partial charge in [0.2, 0.25) is 0 Å². The van der Waals surface area contributed by atoms with Crippen molar-refractivity contribution in [3.05, 3.63) is 0 Å². The van der Waals surface area contributed by atoms with E-state index in [2.05, 4.69) is 19.2 Å². The van der Waals surface area contributed by atoms with Gasteiger partial charge in [0.05, 0.1) is 6.61 Å². The fourth-order valence-corrected chi connectivity index (χ4v) is 2.32. The zero-order valence-corrected chi connectivity index (χ0v) is 10.0. The highest BCUT2D eigenvalue weighted by Gasteiger charge is 2.25. The molecule has 0 radical (unpaired) electrons. The van der Waals surface area contributed by atoms with Crippen molar-refractivity contribution in [2.24, 2.45) is 5.92 Å². The number of aliphatic hydroxyl groups is 1. The van der Waals surface area contributed by atoms with Gasteiger partial charge in [0.15, 0.2) is 0 Å². The summed E-state index contributed by atoms with van der Waals surface area (Å²) in [4.78, 5) is 0. The molecule has 3 atom stereocenters. The molecule has 3 unspecified atom stereocenters. The minimum absolute atomic E-state index is 0.281. The van der Waals surface area contributed by atoms with Crippen LogP contribution in [0.4, 0.5) is 0 Å². The fraction of sp³-hybridized carbons (Fsp3) is 1.00. The summed E-state index contributed by atoms with van der Waals surface area (Å²) in [6, 6.07) is 1.02. The second-order valence-corrected chi connectivity index (χ2v) is 4.42. The van der Waals surface area contributed by atoms with Gasteiger partial charge in [-0.25, -0.2) is 0 Å². The molecule has 0 aromatic rings. The minimum Gasteiger partial charge on any atom is -0.396 e. The second-order valence-electron chi connectivity index (χ2n) is 4.42. The van der Waals surface area contributed by atoms with Crippen molar-refractivity contribution in [2.75, 3.05) is 19.8 Å². The van der Waals surface area contributed by atoms with Crippen LogP contribution in [0.2, 0.25) is 0 Å². The molecule has 0 aromatic carbocycles. The van der Waals surface area contributed by atoms with Crippen molar-refractivity contribution in [2.45, 2.75) is 51.6 Å². The van der Waals surface area contributed by atoms with Gasteiger partial charge in [-0.15, -0.1) is 0 Å². The summed E-state index contributed by atoms with van der Waals surface area (Å²) in [6.07, 6.45) is 4.28. The molecular formula is C12H25NO2. The first-order valence-corrected chi connectivity index (χ1v) is 6.26. The van der Waals surface area contributed by atoms with Crippen LogP contribution in [0.5, 0.6) is 0 Å². The predicted octanol–water partition coefficient (Wildman–Crippen LogP) is 1.55. The maximum atomic E-state index is 8.95. The number of aliphatic hydroxyl groups excluding tert-OH is 1. The number of rotatable bonds is 7. The van der Waals surface area contributed by atoms with Crippen LogP contribution in [0.25, 0.3) is 0 Å². The Labute approximate surface area is 93.2 Å². The molecule has 90 valence electrons. The van der Waals surface area contributed by atoms with E-state index in [1.165, 1.54) is 6.42 Å². The van der Waals surface area contributed by atoms with Crippen molar-refractivity contribution < 1.29 is 9.84 Å². The summed E-state index contributed by atoms with van der Waals surface area (Å²) in [5.41, 5.74) is 0. The third-order valence-electron chi connectivity index (χ3n) is 3.39. The van der Waals surface area contributed by atoms with Crippen LogP contribution < -0.4 is 5.32 Å². The molecule has 1 rings (SSSR count). The average Bonchev–Trinajstić information content (AvgIpc) is 2.77. The molecule has 0 aromatic heterocycles. The van der Waals surface area contributed by atoms with Crippen LogP contribution in [0, 0.1) is 5.92 Å². The smallest absolute Gasteiger partial charge is 0.0510 e. The molecule has 1 aliphatic rings. The van der Waals surface area contributed by atoms with E-state index in [0.717, 1.165) is 32.5 Å². The highest BCUT2D eigenvalue weighted by molar-refractivity contribution is 4.81. The lowest BCUT2D eigenvalue weighted by atomic mass is 9.95. The molecule has 3 heteroatoms. The summed E-state index contributed by atoms with van der Waals surface area (Å²) < 4.78 is 5.43. The van der Waals surface area contributed by atoms with Crippen LogP contribution in [-0.4, -0.2) is 37.0 Å². The van der Waals surface area contributed by atoms with Crippen LogP contribution in [0.15, 0.2) is 0 Å². The van der Waals surface area contributed by atoms with Gasteiger partial charge in [-0.2, -0.15) is 0 Å². The third kappa shape index (κ3) is 4.09. The first-order valence-electron chi connectivity index (χ1n) is 6.26. The number of hydrogen-bond donors (Lipinski definition) is 2. The molecule has 0 saturated carbocycles. The van der Waals surface area contributed by atoms with E-state index in [1.54, 1.807) is 0 Å². The van der Waals surface area contributed by atoms with Gasteiger partial charge in [-0.05, 0) is 31.6 Å². The van der Waals surface area contributed by atoms with E-state index in [1.807, 2.05) is 0 Å². The third-order valence-corrected chi connectivity index (χ3v) is 3.39. The zero-order chi connectivity index (χ0) is 11.1. The molecule has 3 nitrogen and oxygen atoms in total. The Morgan fingerprint density at radius 1 is 1.40 bits per heavy atom. The molecule has 1 aliphatic heterocycles. The van der Waals surface area contributed by atoms with E-state index in [0.29, 0.717) is 18.0 Å². The molecular weight excluding hydrogens is 190 g/mol. The molecule has 0 aliphatic carbocycles. The number of nitrogens with one attached hydrogen (secondary N) is 1. The van der Waals surface area contributed by atoms with E-state index in [9.17, 15) is 0 Å². The standard InChI is InChI=1S/C12H25NO2/c1-3-11(5-7-14)13-12(4-2)10-6-8-15-9-10/h10-14H,3-9H2,1-2H3. The zero-order valence-electron chi connectivity index (χ0n) is 10.0. The molecule has 1 heterocycles. The van der Waals surface area contributed by atoms with Gasteiger partial charge in [0.25, 0.3) is 0 Å². The maximum absolute atomic E-state index is 8.95. The summed E-state index contributed by atoms with van der Waals surface area (Å²) in [7, 11) is 0. The largest absolute Gasteiger partial charge is 0.396 e. The van der Waals surface area contributed by atoms with Gasteiger partial charge >= 0.3 is 0 Å². The maximum Gasteiger partial charge on any atom is 0.0510 e. The fourth-order valence-electron chi connectivity index (χ4n) is 2.32. The summed E-state index contributed by atoms with van der Waals surface area (Å²) in [5, 5.41) is 12.6. The molecule has 1 saturated heterocycles. The minimum atomic E-state index is 0.281.